The van der Waals surface area contributed by atoms with Crippen molar-refractivity contribution in [3.63, 3.8) is 0 Å². The molecule has 0 N–H and O–H groups in total. The van der Waals surface area contributed by atoms with Gasteiger partial charge >= 0.3 is 0 Å². The highest BCUT2D eigenvalue weighted by molar-refractivity contribution is 5.42. The quantitative estimate of drug-likeness (QED) is 0.843. The number of hydrogen-bond donors (Lipinski definition) is 0. The Morgan fingerprint density at radius 2 is 2.10 bits per heavy atom. The highest BCUT2D eigenvalue weighted by Gasteiger charge is 2.31. The van der Waals surface area contributed by atoms with E-state index in [1.54, 1.807) is 6.07 Å². The molecule has 108 valence electrons. The molecule has 3 heteroatoms. The van der Waals surface area contributed by atoms with E-state index in [0.717, 1.165) is 25.6 Å². The van der Waals surface area contributed by atoms with Crippen LogP contribution in [0.5, 0.6) is 5.75 Å². The summed E-state index contributed by atoms with van der Waals surface area (Å²) in [6.07, 6.45) is 1.28. The summed E-state index contributed by atoms with van der Waals surface area (Å²) >= 11 is 0. The van der Waals surface area contributed by atoms with Gasteiger partial charge in [-0.05, 0) is 36.4 Å². The minimum absolute atomic E-state index is 0.392. The molecule has 1 unspecified atom stereocenters. The standard InChI is InChI=1S/C17H24N2O/c1-17(2,3)15-8-9-19(13-15)10-11-20-16-7-5-4-6-14(16)12-18/h4-7,15H,8-11,13H2,1-3H3. The second kappa shape index (κ2) is 6.28. The van der Waals surface area contributed by atoms with E-state index < -0.39 is 0 Å². The smallest absolute Gasteiger partial charge is 0.137 e. The van der Waals surface area contributed by atoms with Gasteiger partial charge in [0.05, 0.1) is 5.56 Å². The second-order valence-electron chi connectivity index (χ2n) is 6.61. The Bertz CT molecular complexity index is 484. The highest BCUT2D eigenvalue weighted by Crippen LogP contribution is 2.33. The van der Waals surface area contributed by atoms with E-state index in [0.29, 0.717) is 23.3 Å². The lowest BCUT2D eigenvalue weighted by Crippen LogP contribution is -2.29. The molecule has 1 saturated heterocycles. The Hall–Kier alpha value is -1.53. The first-order valence-corrected chi connectivity index (χ1v) is 7.35. The number of ether oxygens (including phenoxy) is 1. The monoisotopic (exact) mass is 272 g/mol. The van der Waals surface area contributed by atoms with Gasteiger partial charge in [-0.15, -0.1) is 0 Å². The molecular formula is C17H24N2O. The molecular weight excluding hydrogens is 248 g/mol. The summed E-state index contributed by atoms with van der Waals surface area (Å²) in [5, 5.41) is 9.01. The Kier molecular flexibility index (Phi) is 4.67. The topological polar surface area (TPSA) is 36.3 Å². The minimum Gasteiger partial charge on any atom is -0.491 e. The van der Waals surface area contributed by atoms with Gasteiger partial charge in [-0.2, -0.15) is 5.26 Å². The third kappa shape index (κ3) is 3.74. The molecule has 1 aromatic carbocycles. The fraction of sp³-hybridized carbons (Fsp3) is 0.588. The van der Waals surface area contributed by atoms with E-state index in [1.165, 1.54) is 6.42 Å². The second-order valence-corrected chi connectivity index (χ2v) is 6.61. The maximum atomic E-state index is 9.01. The minimum atomic E-state index is 0.392. The van der Waals surface area contributed by atoms with Gasteiger partial charge in [-0.1, -0.05) is 32.9 Å². The van der Waals surface area contributed by atoms with Gasteiger partial charge in [0.2, 0.25) is 0 Å². The van der Waals surface area contributed by atoms with Crippen molar-refractivity contribution in [3.05, 3.63) is 29.8 Å². The molecule has 1 heterocycles. The zero-order valence-electron chi connectivity index (χ0n) is 12.7. The van der Waals surface area contributed by atoms with Crippen molar-refractivity contribution < 1.29 is 4.74 Å². The van der Waals surface area contributed by atoms with Crippen LogP contribution in [0.2, 0.25) is 0 Å². The molecule has 0 radical (unpaired) electrons. The molecule has 20 heavy (non-hydrogen) atoms. The Labute approximate surface area is 122 Å². The SMILES string of the molecule is CC(C)(C)C1CCN(CCOc2ccccc2C#N)C1. The van der Waals surface area contributed by atoms with Crippen LogP contribution in [0.4, 0.5) is 0 Å². The molecule has 3 nitrogen and oxygen atoms in total. The van der Waals surface area contributed by atoms with Gasteiger partial charge in [0.15, 0.2) is 0 Å². The van der Waals surface area contributed by atoms with Gasteiger partial charge in [0.1, 0.15) is 18.4 Å². The van der Waals surface area contributed by atoms with Crippen molar-refractivity contribution in [1.29, 1.82) is 5.26 Å². The van der Waals surface area contributed by atoms with Gasteiger partial charge in [-0.25, -0.2) is 0 Å². The van der Waals surface area contributed by atoms with Gasteiger partial charge in [-0.3, -0.25) is 4.90 Å². The summed E-state index contributed by atoms with van der Waals surface area (Å²) in [5.74, 6) is 1.47. The van der Waals surface area contributed by atoms with Crippen molar-refractivity contribution in [2.45, 2.75) is 27.2 Å². The summed E-state index contributed by atoms with van der Waals surface area (Å²) < 4.78 is 5.75. The molecule has 1 aromatic rings. The lowest BCUT2D eigenvalue weighted by molar-refractivity contribution is 0.203. The van der Waals surface area contributed by atoms with Crippen LogP contribution in [0.3, 0.4) is 0 Å². The molecule has 0 bridgehead atoms. The Morgan fingerprint density at radius 3 is 2.75 bits per heavy atom. The van der Waals surface area contributed by atoms with Gasteiger partial charge < -0.3 is 4.74 Å². The zero-order chi connectivity index (χ0) is 14.6. The molecule has 0 amide bonds. The van der Waals surface area contributed by atoms with E-state index in [1.807, 2.05) is 18.2 Å². The molecule has 0 spiro atoms. The number of rotatable bonds is 4. The van der Waals surface area contributed by atoms with Crippen LogP contribution in [0.1, 0.15) is 32.8 Å². The van der Waals surface area contributed by atoms with Crippen molar-refractivity contribution in [3.8, 4) is 11.8 Å². The van der Waals surface area contributed by atoms with Gasteiger partial charge in [0, 0.05) is 13.1 Å². The number of benzene rings is 1. The Morgan fingerprint density at radius 1 is 1.35 bits per heavy atom. The summed E-state index contributed by atoms with van der Waals surface area (Å²) in [5.41, 5.74) is 1.00. The summed E-state index contributed by atoms with van der Waals surface area (Å²) in [4.78, 5) is 2.46. The third-order valence-electron chi connectivity index (χ3n) is 4.17. The first-order chi connectivity index (χ1) is 9.50. The number of hydrogen-bond acceptors (Lipinski definition) is 3. The van der Waals surface area contributed by atoms with E-state index >= 15 is 0 Å². The average Bonchev–Trinajstić information content (AvgIpc) is 2.88. The predicted molar refractivity (Wildman–Crippen MR) is 80.7 cm³/mol. The Balaban J connectivity index is 1.79. The normalized spacial score (nSPS) is 19.8. The van der Waals surface area contributed by atoms with Crippen molar-refractivity contribution in [2.75, 3.05) is 26.2 Å². The highest BCUT2D eigenvalue weighted by atomic mass is 16.5. The maximum Gasteiger partial charge on any atom is 0.137 e. The largest absolute Gasteiger partial charge is 0.491 e. The van der Waals surface area contributed by atoms with E-state index in [9.17, 15) is 0 Å². The van der Waals surface area contributed by atoms with Crippen LogP contribution < -0.4 is 4.74 Å². The van der Waals surface area contributed by atoms with Crippen LogP contribution in [0, 0.1) is 22.7 Å². The lowest BCUT2D eigenvalue weighted by atomic mass is 9.80. The summed E-state index contributed by atoms with van der Waals surface area (Å²) in [6, 6.07) is 9.58. The molecule has 0 aliphatic carbocycles. The zero-order valence-corrected chi connectivity index (χ0v) is 12.7. The van der Waals surface area contributed by atoms with Crippen LogP contribution in [-0.2, 0) is 0 Å². The summed E-state index contributed by atoms with van der Waals surface area (Å²) in [6.45, 7) is 10.9. The molecule has 1 aliphatic rings. The van der Waals surface area contributed by atoms with Crippen molar-refractivity contribution >= 4 is 0 Å². The first-order valence-electron chi connectivity index (χ1n) is 7.35. The third-order valence-corrected chi connectivity index (χ3v) is 4.17. The number of para-hydroxylation sites is 1. The maximum absolute atomic E-state index is 9.01. The predicted octanol–water partition coefficient (Wildman–Crippen LogP) is 3.31. The number of nitriles is 1. The fourth-order valence-electron chi connectivity index (χ4n) is 2.71. The van der Waals surface area contributed by atoms with Crippen molar-refractivity contribution in [1.82, 2.24) is 4.90 Å². The van der Waals surface area contributed by atoms with Crippen LogP contribution in [0.15, 0.2) is 24.3 Å². The van der Waals surface area contributed by atoms with Gasteiger partial charge in [0.25, 0.3) is 0 Å². The number of nitrogens with zero attached hydrogens (tertiary/aromatic N) is 2. The van der Waals surface area contributed by atoms with Crippen LogP contribution in [0.25, 0.3) is 0 Å². The van der Waals surface area contributed by atoms with Crippen LogP contribution >= 0.6 is 0 Å². The molecule has 1 fully saturated rings. The average molecular weight is 272 g/mol. The fourth-order valence-corrected chi connectivity index (χ4v) is 2.71. The molecule has 1 atom stereocenters. The molecule has 2 rings (SSSR count). The molecule has 0 saturated carbocycles. The summed E-state index contributed by atoms with van der Waals surface area (Å²) in [7, 11) is 0. The van der Waals surface area contributed by atoms with E-state index in [4.69, 9.17) is 10.00 Å². The molecule has 1 aliphatic heterocycles. The number of likely N-dealkylation sites (tertiary alicyclic amines) is 1. The lowest BCUT2D eigenvalue weighted by Gasteiger charge is -2.27. The van der Waals surface area contributed by atoms with E-state index in [-0.39, 0.29) is 0 Å². The first kappa shape index (κ1) is 14.9. The van der Waals surface area contributed by atoms with E-state index in [2.05, 4.69) is 31.7 Å². The molecule has 0 aromatic heterocycles. The van der Waals surface area contributed by atoms with Crippen molar-refractivity contribution in [2.24, 2.45) is 11.3 Å². The van der Waals surface area contributed by atoms with Crippen LogP contribution in [-0.4, -0.2) is 31.1 Å².